The summed E-state index contributed by atoms with van der Waals surface area (Å²) in [5.74, 6) is -4.50. The SMILES string of the molecule is N.O.O.O=C([O-])C[N+]1(CC(=O)O)CC(=O)OCCOC(=O)C1. The van der Waals surface area contributed by atoms with Crippen LogP contribution in [-0.2, 0) is 28.7 Å². The van der Waals surface area contributed by atoms with E-state index in [4.69, 9.17) is 14.6 Å². The van der Waals surface area contributed by atoms with Crippen LogP contribution in [0, 0.1) is 0 Å². The van der Waals surface area contributed by atoms with Crippen LogP contribution in [0.5, 0.6) is 0 Å². The largest absolute Gasteiger partial charge is 0.544 e. The highest BCUT2D eigenvalue weighted by Crippen LogP contribution is 2.09. The van der Waals surface area contributed by atoms with Crippen molar-refractivity contribution in [2.75, 3.05) is 39.4 Å². The smallest absolute Gasteiger partial charge is 0.361 e. The Hall–Kier alpha value is -2.28. The molecule has 0 atom stereocenters. The summed E-state index contributed by atoms with van der Waals surface area (Å²) < 4.78 is 8.56. The number of esters is 2. The van der Waals surface area contributed by atoms with Gasteiger partial charge in [0.2, 0.25) is 0 Å². The molecule has 1 fully saturated rings. The van der Waals surface area contributed by atoms with Crippen molar-refractivity contribution in [3.8, 4) is 0 Å². The average molecular weight is 328 g/mol. The summed E-state index contributed by atoms with van der Waals surface area (Å²) in [4.78, 5) is 44.5. The molecular weight excluding hydrogens is 308 g/mol. The topological polar surface area (TPSA) is 228 Å². The van der Waals surface area contributed by atoms with E-state index >= 15 is 0 Å². The molecule has 1 aliphatic heterocycles. The molecule has 0 aromatic rings. The van der Waals surface area contributed by atoms with Gasteiger partial charge >= 0.3 is 17.9 Å². The lowest BCUT2D eigenvalue weighted by Gasteiger charge is -2.34. The van der Waals surface area contributed by atoms with Gasteiger partial charge in [0.1, 0.15) is 19.8 Å². The van der Waals surface area contributed by atoms with Gasteiger partial charge in [-0.3, -0.25) is 4.48 Å². The predicted molar refractivity (Wildman–Crippen MR) is 66.5 cm³/mol. The highest BCUT2D eigenvalue weighted by Gasteiger charge is 2.38. The molecule has 1 saturated heterocycles. The van der Waals surface area contributed by atoms with Gasteiger partial charge in [0.05, 0.1) is 5.97 Å². The minimum atomic E-state index is -1.57. The Labute approximate surface area is 125 Å². The van der Waals surface area contributed by atoms with E-state index in [0.717, 1.165) is 0 Å². The van der Waals surface area contributed by atoms with Gasteiger partial charge in [-0.25, -0.2) is 14.4 Å². The lowest BCUT2D eigenvalue weighted by atomic mass is 10.3. The molecule has 1 heterocycles. The summed E-state index contributed by atoms with van der Waals surface area (Å²) in [6.45, 7) is -2.91. The molecule has 0 saturated carbocycles. The molecule has 0 amide bonds. The number of nitrogens with zero attached hydrogens (tertiary/aromatic N) is 1. The Morgan fingerprint density at radius 3 is 1.77 bits per heavy atom. The van der Waals surface area contributed by atoms with E-state index in [-0.39, 0.29) is 30.3 Å². The molecule has 130 valence electrons. The summed E-state index contributed by atoms with van der Waals surface area (Å²) in [7, 11) is 0. The van der Waals surface area contributed by atoms with Crippen LogP contribution in [-0.4, -0.2) is 83.8 Å². The lowest BCUT2D eigenvalue weighted by Crippen LogP contribution is -2.60. The summed E-state index contributed by atoms with van der Waals surface area (Å²) in [6, 6.07) is 0. The van der Waals surface area contributed by atoms with Gasteiger partial charge in [-0.2, -0.15) is 0 Å². The van der Waals surface area contributed by atoms with Crippen molar-refractivity contribution < 1.29 is 54.3 Å². The first-order valence-electron chi connectivity index (χ1n) is 5.41. The van der Waals surface area contributed by atoms with Crippen LogP contribution in [0.25, 0.3) is 0 Å². The molecule has 0 radical (unpaired) electrons. The number of quaternary nitrogens is 1. The summed E-state index contributed by atoms with van der Waals surface area (Å²) in [5.41, 5.74) is 0. The second kappa shape index (κ2) is 10.4. The standard InChI is InChI=1S/C10H13NO8.H3N.2H2O/c12-7(13)3-11(4-8(14)15)5-9(16)18-1-2-19-10(17)6-11;;;/h1-6H2,(H-,12,13,14,15);1H3;2*1H2. The number of carbonyl (C=O) groups excluding carboxylic acids is 3. The minimum absolute atomic E-state index is 0. The number of carboxylic acids is 2. The number of hydrogen-bond acceptors (Lipinski definition) is 8. The first kappa shape index (κ1) is 24.7. The summed E-state index contributed by atoms with van der Waals surface area (Å²) in [5, 5.41) is 19.5. The maximum Gasteiger partial charge on any atom is 0.361 e. The Morgan fingerprint density at radius 1 is 1.05 bits per heavy atom. The Bertz CT molecular complexity index is 373. The van der Waals surface area contributed by atoms with Gasteiger partial charge in [0, 0.05) is 0 Å². The van der Waals surface area contributed by atoms with Crippen molar-refractivity contribution in [1.29, 1.82) is 0 Å². The fourth-order valence-corrected chi connectivity index (χ4v) is 1.85. The van der Waals surface area contributed by atoms with E-state index in [0.29, 0.717) is 0 Å². The highest BCUT2D eigenvalue weighted by molar-refractivity contribution is 5.76. The molecule has 0 aromatic carbocycles. The maximum absolute atomic E-state index is 11.5. The zero-order chi connectivity index (χ0) is 14.5. The number of carbonyl (C=O) groups is 4. The number of carboxylic acid groups (broad SMARTS) is 2. The second-order valence-electron chi connectivity index (χ2n) is 4.18. The van der Waals surface area contributed by atoms with Crippen molar-refractivity contribution in [2.24, 2.45) is 0 Å². The summed E-state index contributed by atoms with van der Waals surface area (Å²) in [6.07, 6.45) is 0. The Morgan fingerprint density at radius 2 is 1.45 bits per heavy atom. The average Bonchev–Trinajstić information content (AvgIpc) is 2.26. The molecule has 0 unspecified atom stereocenters. The van der Waals surface area contributed by atoms with Crippen LogP contribution in [0.15, 0.2) is 0 Å². The molecular formula is C10H20N2O10. The highest BCUT2D eigenvalue weighted by atomic mass is 16.6. The van der Waals surface area contributed by atoms with Gasteiger partial charge in [0.25, 0.3) is 0 Å². The van der Waals surface area contributed by atoms with E-state index in [1.54, 1.807) is 0 Å². The number of cyclic esters (lactones) is 2. The first-order valence-corrected chi connectivity index (χ1v) is 5.41. The molecule has 12 heteroatoms. The van der Waals surface area contributed by atoms with Gasteiger partial charge < -0.3 is 41.6 Å². The molecule has 12 nitrogen and oxygen atoms in total. The predicted octanol–water partition coefficient (Wildman–Crippen LogP) is -4.75. The number of hydrogen-bond donors (Lipinski definition) is 2. The van der Waals surface area contributed by atoms with E-state index in [2.05, 4.69) is 0 Å². The Balaban J connectivity index is -0.00000120. The van der Waals surface area contributed by atoms with Gasteiger partial charge in [-0.15, -0.1) is 0 Å². The van der Waals surface area contributed by atoms with E-state index in [1.165, 1.54) is 0 Å². The lowest BCUT2D eigenvalue weighted by molar-refractivity contribution is -0.902. The van der Waals surface area contributed by atoms with Crippen LogP contribution < -0.4 is 11.3 Å². The number of aliphatic carboxylic acids is 2. The molecule has 0 aliphatic carbocycles. The van der Waals surface area contributed by atoms with Crippen LogP contribution in [0.4, 0.5) is 0 Å². The number of rotatable bonds is 4. The van der Waals surface area contributed by atoms with Crippen LogP contribution in [0.1, 0.15) is 0 Å². The van der Waals surface area contributed by atoms with Crippen LogP contribution in [0.2, 0.25) is 0 Å². The van der Waals surface area contributed by atoms with Crippen molar-refractivity contribution in [3.05, 3.63) is 0 Å². The van der Waals surface area contributed by atoms with Crippen molar-refractivity contribution in [1.82, 2.24) is 6.15 Å². The van der Waals surface area contributed by atoms with Gasteiger partial charge in [-0.1, -0.05) is 0 Å². The fraction of sp³-hybridized carbons (Fsp3) is 0.600. The molecule has 1 aliphatic rings. The minimum Gasteiger partial charge on any atom is -0.544 e. The van der Waals surface area contributed by atoms with E-state index < -0.39 is 54.5 Å². The van der Waals surface area contributed by atoms with E-state index in [1.807, 2.05) is 0 Å². The Kier molecular flexibility index (Phi) is 11.7. The zero-order valence-corrected chi connectivity index (χ0v) is 11.7. The molecule has 22 heavy (non-hydrogen) atoms. The third-order valence-corrected chi connectivity index (χ3v) is 2.47. The van der Waals surface area contributed by atoms with Crippen LogP contribution in [0.3, 0.4) is 0 Å². The molecule has 8 N–H and O–H groups in total. The molecule has 1 rings (SSSR count). The third kappa shape index (κ3) is 8.11. The molecule has 0 aromatic heterocycles. The quantitative estimate of drug-likeness (QED) is 0.372. The van der Waals surface area contributed by atoms with E-state index in [9.17, 15) is 24.3 Å². The monoisotopic (exact) mass is 328 g/mol. The van der Waals surface area contributed by atoms with Crippen molar-refractivity contribution in [2.45, 2.75) is 0 Å². The number of ether oxygens (including phenoxy) is 2. The summed E-state index contributed by atoms with van der Waals surface area (Å²) >= 11 is 0. The third-order valence-electron chi connectivity index (χ3n) is 2.47. The van der Waals surface area contributed by atoms with Crippen molar-refractivity contribution >= 4 is 23.9 Å². The maximum atomic E-state index is 11.5. The van der Waals surface area contributed by atoms with Gasteiger partial charge in [0.15, 0.2) is 19.6 Å². The zero-order valence-electron chi connectivity index (χ0n) is 11.7. The fourth-order valence-electron chi connectivity index (χ4n) is 1.85. The van der Waals surface area contributed by atoms with Gasteiger partial charge in [-0.05, 0) is 0 Å². The molecule has 0 bridgehead atoms. The normalized spacial score (nSPS) is 16.7. The second-order valence-corrected chi connectivity index (χ2v) is 4.18. The van der Waals surface area contributed by atoms with Crippen molar-refractivity contribution in [3.63, 3.8) is 0 Å². The molecule has 0 spiro atoms. The van der Waals surface area contributed by atoms with Crippen LogP contribution >= 0.6 is 0 Å². The first-order chi connectivity index (χ1) is 8.83.